The molecule has 0 atom stereocenters. The first kappa shape index (κ1) is 9.15. The standard InChI is InChI=1S/C10H10N2OS/c1-7-3-8(5-9(4-7)13-2)10-12-11-6-14-10/h3-6H,1-2H3. The van der Waals surface area contributed by atoms with Crippen molar-refractivity contribution in [2.75, 3.05) is 7.11 Å². The summed E-state index contributed by atoms with van der Waals surface area (Å²) in [4.78, 5) is 0. The van der Waals surface area contributed by atoms with E-state index >= 15 is 0 Å². The molecule has 4 heteroatoms. The highest BCUT2D eigenvalue weighted by atomic mass is 32.1. The van der Waals surface area contributed by atoms with Gasteiger partial charge in [-0.25, -0.2) is 0 Å². The second-order valence-electron chi connectivity index (χ2n) is 2.98. The van der Waals surface area contributed by atoms with E-state index in [1.165, 1.54) is 11.3 Å². The SMILES string of the molecule is COc1cc(C)cc(-c2nncs2)c1. The van der Waals surface area contributed by atoms with E-state index in [2.05, 4.69) is 16.3 Å². The van der Waals surface area contributed by atoms with Crippen molar-refractivity contribution in [3.05, 3.63) is 29.3 Å². The highest BCUT2D eigenvalue weighted by molar-refractivity contribution is 7.12. The van der Waals surface area contributed by atoms with Gasteiger partial charge in [0.2, 0.25) is 0 Å². The molecule has 0 aliphatic carbocycles. The number of ether oxygens (including phenoxy) is 1. The predicted octanol–water partition coefficient (Wildman–Crippen LogP) is 2.52. The lowest BCUT2D eigenvalue weighted by molar-refractivity contribution is 0.414. The highest BCUT2D eigenvalue weighted by Gasteiger charge is 2.04. The van der Waals surface area contributed by atoms with Gasteiger partial charge < -0.3 is 4.74 Å². The molecular formula is C10H10N2OS. The fourth-order valence-electron chi connectivity index (χ4n) is 1.29. The fraction of sp³-hybridized carbons (Fsp3) is 0.200. The summed E-state index contributed by atoms with van der Waals surface area (Å²) in [5, 5.41) is 8.75. The van der Waals surface area contributed by atoms with Crippen LogP contribution in [0.25, 0.3) is 10.6 Å². The average Bonchev–Trinajstić information content (AvgIpc) is 2.69. The Bertz CT molecular complexity index is 426. The number of methoxy groups -OCH3 is 1. The summed E-state index contributed by atoms with van der Waals surface area (Å²) in [6, 6.07) is 6.03. The third kappa shape index (κ3) is 1.75. The Morgan fingerprint density at radius 1 is 1.29 bits per heavy atom. The van der Waals surface area contributed by atoms with Gasteiger partial charge >= 0.3 is 0 Å². The minimum Gasteiger partial charge on any atom is -0.497 e. The molecule has 0 amide bonds. The summed E-state index contributed by atoms with van der Waals surface area (Å²) < 4.78 is 5.19. The highest BCUT2D eigenvalue weighted by Crippen LogP contribution is 2.26. The molecule has 0 bridgehead atoms. The molecule has 0 spiro atoms. The maximum atomic E-state index is 5.19. The first-order valence-electron chi connectivity index (χ1n) is 4.22. The molecule has 0 saturated heterocycles. The third-order valence-electron chi connectivity index (χ3n) is 1.89. The first-order chi connectivity index (χ1) is 6.79. The Labute approximate surface area is 86.4 Å². The van der Waals surface area contributed by atoms with Gasteiger partial charge in [-0.15, -0.1) is 10.2 Å². The van der Waals surface area contributed by atoms with Gasteiger partial charge in [0, 0.05) is 5.56 Å². The van der Waals surface area contributed by atoms with Gasteiger partial charge in [0.25, 0.3) is 0 Å². The van der Waals surface area contributed by atoms with E-state index in [0.717, 1.165) is 21.9 Å². The van der Waals surface area contributed by atoms with E-state index in [1.54, 1.807) is 12.6 Å². The minimum atomic E-state index is 0.857. The van der Waals surface area contributed by atoms with Crippen LogP contribution in [-0.4, -0.2) is 17.3 Å². The monoisotopic (exact) mass is 206 g/mol. The molecule has 1 aromatic carbocycles. The Kier molecular flexibility index (Phi) is 2.45. The largest absolute Gasteiger partial charge is 0.497 e. The predicted molar refractivity (Wildman–Crippen MR) is 56.6 cm³/mol. The van der Waals surface area contributed by atoms with Gasteiger partial charge in [-0.1, -0.05) is 11.3 Å². The zero-order valence-corrected chi connectivity index (χ0v) is 8.84. The second kappa shape index (κ2) is 3.75. The molecule has 2 rings (SSSR count). The van der Waals surface area contributed by atoms with Crippen LogP contribution in [0.4, 0.5) is 0 Å². The smallest absolute Gasteiger partial charge is 0.147 e. The molecule has 0 aliphatic rings. The van der Waals surface area contributed by atoms with Crippen LogP contribution in [0.1, 0.15) is 5.56 Å². The lowest BCUT2D eigenvalue weighted by Gasteiger charge is -2.03. The van der Waals surface area contributed by atoms with Gasteiger partial charge in [-0.2, -0.15) is 0 Å². The number of aromatic nitrogens is 2. The molecule has 0 radical (unpaired) electrons. The maximum absolute atomic E-state index is 5.19. The van der Waals surface area contributed by atoms with E-state index < -0.39 is 0 Å². The van der Waals surface area contributed by atoms with Crippen molar-refractivity contribution in [3.8, 4) is 16.3 Å². The van der Waals surface area contributed by atoms with Crippen LogP contribution < -0.4 is 4.74 Å². The normalized spacial score (nSPS) is 10.1. The fourth-order valence-corrected chi connectivity index (χ4v) is 1.83. The van der Waals surface area contributed by atoms with Crippen molar-refractivity contribution in [2.24, 2.45) is 0 Å². The molecule has 0 N–H and O–H groups in total. The van der Waals surface area contributed by atoms with Crippen LogP contribution in [0.15, 0.2) is 23.7 Å². The van der Waals surface area contributed by atoms with Gasteiger partial charge in [-0.05, 0) is 30.7 Å². The molecular weight excluding hydrogens is 196 g/mol. The minimum absolute atomic E-state index is 0.857. The van der Waals surface area contributed by atoms with Gasteiger partial charge in [0.1, 0.15) is 16.3 Å². The van der Waals surface area contributed by atoms with Crippen molar-refractivity contribution < 1.29 is 4.74 Å². The van der Waals surface area contributed by atoms with E-state index in [9.17, 15) is 0 Å². The van der Waals surface area contributed by atoms with Crippen molar-refractivity contribution in [1.29, 1.82) is 0 Å². The number of hydrogen-bond acceptors (Lipinski definition) is 4. The van der Waals surface area contributed by atoms with E-state index in [-0.39, 0.29) is 0 Å². The zero-order valence-electron chi connectivity index (χ0n) is 8.02. The molecule has 0 unspecified atom stereocenters. The molecule has 0 fully saturated rings. The van der Waals surface area contributed by atoms with Crippen molar-refractivity contribution in [1.82, 2.24) is 10.2 Å². The second-order valence-corrected chi connectivity index (χ2v) is 3.82. The Morgan fingerprint density at radius 2 is 2.14 bits per heavy atom. The first-order valence-corrected chi connectivity index (χ1v) is 5.10. The molecule has 3 nitrogen and oxygen atoms in total. The average molecular weight is 206 g/mol. The third-order valence-corrected chi connectivity index (χ3v) is 2.63. The number of nitrogens with zero attached hydrogens (tertiary/aromatic N) is 2. The lowest BCUT2D eigenvalue weighted by Crippen LogP contribution is -1.86. The molecule has 72 valence electrons. The number of aryl methyl sites for hydroxylation is 1. The summed E-state index contributed by atoms with van der Waals surface area (Å²) >= 11 is 1.53. The summed E-state index contributed by atoms with van der Waals surface area (Å²) in [7, 11) is 1.67. The van der Waals surface area contributed by atoms with Gasteiger partial charge in [0.15, 0.2) is 0 Å². The van der Waals surface area contributed by atoms with E-state index in [0.29, 0.717) is 0 Å². The van der Waals surface area contributed by atoms with Crippen LogP contribution >= 0.6 is 11.3 Å². The van der Waals surface area contributed by atoms with Crippen LogP contribution in [0.2, 0.25) is 0 Å². The Hall–Kier alpha value is -1.42. The molecule has 0 saturated carbocycles. The molecule has 14 heavy (non-hydrogen) atoms. The topological polar surface area (TPSA) is 35.0 Å². The zero-order chi connectivity index (χ0) is 9.97. The summed E-state index contributed by atoms with van der Waals surface area (Å²) in [5.41, 5.74) is 3.95. The summed E-state index contributed by atoms with van der Waals surface area (Å²) in [6.45, 7) is 2.03. The van der Waals surface area contributed by atoms with Crippen LogP contribution in [0.5, 0.6) is 5.75 Å². The van der Waals surface area contributed by atoms with Crippen LogP contribution in [-0.2, 0) is 0 Å². The summed E-state index contributed by atoms with van der Waals surface area (Å²) in [6.07, 6.45) is 0. The number of benzene rings is 1. The molecule has 1 heterocycles. The number of rotatable bonds is 2. The lowest BCUT2D eigenvalue weighted by atomic mass is 10.1. The maximum Gasteiger partial charge on any atom is 0.147 e. The number of hydrogen-bond donors (Lipinski definition) is 0. The molecule has 1 aromatic heterocycles. The van der Waals surface area contributed by atoms with Crippen molar-refractivity contribution in [2.45, 2.75) is 6.92 Å². The molecule has 2 aromatic rings. The summed E-state index contributed by atoms with van der Waals surface area (Å²) in [5.74, 6) is 0.857. The van der Waals surface area contributed by atoms with E-state index in [4.69, 9.17) is 4.74 Å². The van der Waals surface area contributed by atoms with Crippen molar-refractivity contribution >= 4 is 11.3 Å². The van der Waals surface area contributed by atoms with Gasteiger partial charge in [-0.3, -0.25) is 0 Å². The Morgan fingerprint density at radius 3 is 2.79 bits per heavy atom. The quantitative estimate of drug-likeness (QED) is 0.757. The Balaban J connectivity index is 2.48. The van der Waals surface area contributed by atoms with Gasteiger partial charge in [0.05, 0.1) is 7.11 Å². The van der Waals surface area contributed by atoms with Crippen LogP contribution in [0.3, 0.4) is 0 Å². The molecule has 0 aliphatic heterocycles. The van der Waals surface area contributed by atoms with E-state index in [1.807, 2.05) is 19.1 Å². The van der Waals surface area contributed by atoms with Crippen molar-refractivity contribution in [3.63, 3.8) is 0 Å². The van der Waals surface area contributed by atoms with Crippen LogP contribution in [0, 0.1) is 6.92 Å².